The highest BCUT2D eigenvalue weighted by Gasteiger charge is 2.19. The van der Waals surface area contributed by atoms with Crippen LogP contribution in [0.2, 0.25) is 5.02 Å². The van der Waals surface area contributed by atoms with Gasteiger partial charge >= 0.3 is 0 Å². The number of carbonyl (C=O) groups excluding carboxylic acids is 1. The van der Waals surface area contributed by atoms with Gasteiger partial charge in [0.25, 0.3) is 11.5 Å². The number of hydrazone groups is 1. The number of hydrogen-bond acceptors (Lipinski definition) is 6. The Bertz CT molecular complexity index is 1030. The molecule has 0 aliphatic carbocycles. The van der Waals surface area contributed by atoms with Crippen LogP contribution >= 0.6 is 11.6 Å². The van der Waals surface area contributed by atoms with Gasteiger partial charge in [-0.3, -0.25) is 20.4 Å². The lowest BCUT2D eigenvalue weighted by atomic mass is 10.2. The summed E-state index contributed by atoms with van der Waals surface area (Å²) in [5.41, 5.74) is 5.25. The molecule has 3 aromatic rings. The number of anilines is 1. The number of aromatic amines is 1. The molecule has 2 aromatic carbocycles. The Hall–Kier alpha value is -3.23. The number of hydrazine groups is 1. The van der Waals surface area contributed by atoms with E-state index in [1.54, 1.807) is 48.5 Å². The maximum absolute atomic E-state index is 12.3. The number of aromatic nitrogens is 2. The molecule has 126 valence electrons. The number of nitrogens with one attached hydrogen (secondary N) is 3. The Labute approximate surface area is 146 Å². The maximum Gasteiger partial charge on any atom is 0.288 e. The van der Waals surface area contributed by atoms with Gasteiger partial charge in [0.1, 0.15) is 0 Å². The number of hydrogen-bond donors (Lipinski definition) is 4. The van der Waals surface area contributed by atoms with Crippen molar-refractivity contribution in [3.05, 3.63) is 69.6 Å². The van der Waals surface area contributed by atoms with Crippen LogP contribution in [-0.2, 0) is 4.79 Å². The van der Waals surface area contributed by atoms with Crippen LogP contribution in [0.1, 0.15) is 5.69 Å². The molecular formula is C16H13ClN6O2. The highest BCUT2D eigenvalue weighted by molar-refractivity contribution is 6.44. The molecule has 25 heavy (non-hydrogen) atoms. The van der Waals surface area contributed by atoms with Gasteiger partial charge in [0.15, 0.2) is 11.4 Å². The SMILES string of the molecule is NNC(=O)/C(=N\Nc1cccc(Cl)c1)c1nc2ccccc2[nH]c1=O. The fourth-order valence-corrected chi connectivity index (χ4v) is 2.34. The zero-order valence-electron chi connectivity index (χ0n) is 12.8. The van der Waals surface area contributed by atoms with Gasteiger partial charge in [-0.1, -0.05) is 29.8 Å². The average Bonchev–Trinajstić information content (AvgIpc) is 2.62. The number of para-hydroxylation sites is 2. The molecule has 9 heteroatoms. The van der Waals surface area contributed by atoms with E-state index >= 15 is 0 Å². The number of nitrogens with zero attached hydrogens (tertiary/aromatic N) is 2. The molecule has 0 saturated carbocycles. The predicted molar refractivity (Wildman–Crippen MR) is 96.3 cm³/mol. The van der Waals surface area contributed by atoms with E-state index in [0.29, 0.717) is 21.7 Å². The predicted octanol–water partition coefficient (Wildman–Crippen LogP) is 1.38. The van der Waals surface area contributed by atoms with Crippen LogP contribution in [-0.4, -0.2) is 21.6 Å². The second-order valence-corrected chi connectivity index (χ2v) is 5.42. The maximum atomic E-state index is 12.3. The highest BCUT2D eigenvalue weighted by Crippen LogP contribution is 2.15. The summed E-state index contributed by atoms with van der Waals surface area (Å²) in [4.78, 5) is 31.2. The van der Waals surface area contributed by atoms with Crippen molar-refractivity contribution in [2.24, 2.45) is 10.9 Å². The largest absolute Gasteiger partial charge is 0.319 e. The number of amides is 1. The first-order chi connectivity index (χ1) is 12.1. The minimum Gasteiger partial charge on any atom is -0.319 e. The Balaban J connectivity index is 2.07. The van der Waals surface area contributed by atoms with Crippen LogP contribution in [0, 0.1) is 0 Å². The number of rotatable bonds is 4. The second-order valence-electron chi connectivity index (χ2n) is 4.99. The molecule has 0 saturated heterocycles. The van der Waals surface area contributed by atoms with Gasteiger partial charge in [-0.25, -0.2) is 10.8 Å². The lowest BCUT2D eigenvalue weighted by Gasteiger charge is -2.07. The molecular weight excluding hydrogens is 344 g/mol. The molecule has 0 unspecified atom stereocenters. The smallest absolute Gasteiger partial charge is 0.288 e. The molecule has 1 heterocycles. The Morgan fingerprint density at radius 1 is 1.20 bits per heavy atom. The standard InChI is InChI=1S/C16H13ClN6O2/c17-9-4-3-5-10(8-9)22-23-14(16(25)21-18)13-15(24)20-12-7-2-1-6-11(12)19-13/h1-8,22H,18H2,(H,20,24)(H,21,25)/b23-14-. The van der Waals surface area contributed by atoms with Crippen molar-refractivity contribution in [1.29, 1.82) is 0 Å². The summed E-state index contributed by atoms with van der Waals surface area (Å²) in [6.07, 6.45) is 0. The normalized spacial score (nSPS) is 11.4. The fraction of sp³-hybridized carbons (Fsp3) is 0. The molecule has 0 atom stereocenters. The topological polar surface area (TPSA) is 125 Å². The summed E-state index contributed by atoms with van der Waals surface area (Å²) in [6.45, 7) is 0. The van der Waals surface area contributed by atoms with Gasteiger partial charge in [0.05, 0.1) is 16.7 Å². The Kier molecular flexibility index (Phi) is 4.73. The van der Waals surface area contributed by atoms with E-state index in [-0.39, 0.29) is 11.4 Å². The summed E-state index contributed by atoms with van der Waals surface area (Å²) in [6, 6.07) is 13.7. The van der Waals surface area contributed by atoms with E-state index in [1.807, 2.05) is 5.43 Å². The summed E-state index contributed by atoms with van der Waals surface area (Å²) in [5.74, 6) is 4.44. The number of nitrogens with two attached hydrogens (primary N) is 1. The van der Waals surface area contributed by atoms with Crippen molar-refractivity contribution in [2.75, 3.05) is 5.43 Å². The fourth-order valence-electron chi connectivity index (χ4n) is 2.15. The molecule has 0 aliphatic heterocycles. The van der Waals surface area contributed by atoms with Gasteiger partial charge < -0.3 is 4.98 Å². The van der Waals surface area contributed by atoms with Crippen molar-refractivity contribution in [3.8, 4) is 0 Å². The highest BCUT2D eigenvalue weighted by atomic mass is 35.5. The van der Waals surface area contributed by atoms with Gasteiger partial charge in [-0.05, 0) is 30.3 Å². The van der Waals surface area contributed by atoms with Crippen molar-refractivity contribution < 1.29 is 4.79 Å². The average molecular weight is 357 g/mol. The van der Waals surface area contributed by atoms with Gasteiger partial charge in [-0.15, -0.1) is 0 Å². The minimum absolute atomic E-state index is 0.156. The van der Waals surface area contributed by atoms with Crippen LogP contribution in [0.3, 0.4) is 0 Å². The van der Waals surface area contributed by atoms with Gasteiger partial charge in [-0.2, -0.15) is 5.10 Å². The number of carbonyl (C=O) groups is 1. The summed E-state index contributed by atoms with van der Waals surface area (Å²) < 4.78 is 0. The zero-order valence-corrected chi connectivity index (χ0v) is 13.5. The van der Waals surface area contributed by atoms with Gasteiger partial charge in [0.2, 0.25) is 0 Å². The summed E-state index contributed by atoms with van der Waals surface area (Å²) in [7, 11) is 0. The van der Waals surface area contributed by atoms with Crippen LogP contribution in [0.5, 0.6) is 0 Å². The monoisotopic (exact) mass is 356 g/mol. The molecule has 0 radical (unpaired) electrons. The van der Waals surface area contributed by atoms with Crippen LogP contribution in [0.25, 0.3) is 11.0 Å². The number of halogens is 1. The first-order valence-electron chi connectivity index (χ1n) is 7.18. The number of benzene rings is 2. The van der Waals surface area contributed by atoms with E-state index in [0.717, 1.165) is 0 Å². The van der Waals surface area contributed by atoms with Crippen molar-refractivity contribution in [2.45, 2.75) is 0 Å². The van der Waals surface area contributed by atoms with E-state index in [1.165, 1.54) is 0 Å². The van der Waals surface area contributed by atoms with Crippen molar-refractivity contribution in [1.82, 2.24) is 15.4 Å². The summed E-state index contributed by atoms with van der Waals surface area (Å²) >= 11 is 5.90. The summed E-state index contributed by atoms with van der Waals surface area (Å²) in [5, 5.41) is 4.47. The zero-order chi connectivity index (χ0) is 17.8. The molecule has 0 aliphatic rings. The van der Waals surface area contributed by atoms with Crippen molar-refractivity contribution >= 4 is 39.9 Å². The molecule has 0 bridgehead atoms. The van der Waals surface area contributed by atoms with Crippen molar-refractivity contribution in [3.63, 3.8) is 0 Å². The third-order valence-electron chi connectivity index (χ3n) is 3.29. The van der Waals surface area contributed by atoms with Gasteiger partial charge in [0, 0.05) is 5.02 Å². The quantitative estimate of drug-likeness (QED) is 0.243. The Morgan fingerprint density at radius 2 is 2.00 bits per heavy atom. The van der Waals surface area contributed by atoms with Crippen LogP contribution in [0.15, 0.2) is 58.4 Å². The van der Waals surface area contributed by atoms with Crippen LogP contribution < -0.4 is 22.3 Å². The number of fused-ring (bicyclic) bond motifs is 1. The second kappa shape index (κ2) is 7.12. The molecule has 0 spiro atoms. The van der Waals surface area contributed by atoms with E-state index in [4.69, 9.17) is 17.4 Å². The van der Waals surface area contributed by atoms with E-state index in [9.17, 15) is 9.59 Å². The Morgan fingerprint density at radius 3 is 2.76 bits per heavy atom. The molecule has 8 nitrogen and oxygen atoms in total. The number of H-pyrrole nitrogens is 1. The first-order valence-corrected chi connectivity index (χ1v) is 7.56. The molecule has 0 fully saturated rings. The lowest BCUT2D eigenvalue weighted by molar-refractivity contribution is -0.114. The minimum atomic E-state index is -0.761. The third kappa shape index (κ3) is 3.65. The first kappa shape index (κ1) is 16.6. The molecule has 3 rings (SSSR count). The van der Waals surface area contributed by atoms with E-state index < -0.39 is 11.5 Å². The molecule has 1 amide bonds. The lowest BCUT2D eigenvalue weighted by Crippen LogP contribution is -2.40. The molecule has 1 aromatic heterocycles. The third-order valence-corrected chi connectivity index (χ3v) is 3.53. The molecule has 5 N–H and O–H groups in total. The van der Waals surface area contributed by atoms with E-state index in [2.05, 4.69) is 20.5 Å². The van der Waals surface area contributed by atoms with Crippen LogP contribution in [0.4, 0.5) is 5.69 Å².